The molecule has 1 aliphatic rings. The van der Waals surface area contributed by atoms with Gasteiger partial charge in [-0.2, -0.15) is 0 Å². The molecular weight excluding hydrogens is 318 g/mol. The fourth-order valence-electron chi connectivity index (χ4n) is 3.29. The molecule has 0 bridgehead atoms. The van der Waals surface area contributed by atoms with Gasteiger partial charge >= 0.3 is 6.09 Å². The van der Waals surface area contributed by atoms with Crippen LogP contribution in [0.5, 0.6) is 0 Å². The Labute approximate surface area is 147 Å². The summed E-state index contributed by atoms with van der Waals surface area (Å²) >= 11 is 0. The molecule has 2 aromatic carbocycles. The van der Waals surface area contributed by atoms with Gasteiger partial charge in [0.1, 0.15) is 5.60 Å². The standard InChI is InChI=1S/C20H23NO4/c1-20(2,3)25-19(24)21-11-16(17(12-21)18(22)23)15-9-8-13-6-4-5-7-14(13)10-15/h4-10,16-17H,11-12H2,1-3H3,(H,22,23)/p-1/t16-,17+/m0/s1. The van der Waals surface area contributed by atoms with Crippen LogP contribution in [0.25, 0.3) is 10.8 Å². The highest BCUT2D eigenvalue weighted by Crippen LogP contribution is 2.34. The largest absolute Gasteiger partial charge is 0.550 e. The third-order valence-corrected chi connectivity index (χ3v) is 4.48. The monoisotopic (exact) mass is 340 g/mol. The van der Waals surface area contributed by atoms with Gasteiger partial charge in [-0.3, -0.25) is 0 Å². The number of carbonyl (C=O) groups is 2. The summed E-state index contributed by atoms with van der Waals surface area (Å²) in [6.07, 6.45) is -0.484. The molecule has 1 amide bonds. The topological polar surface area (TPSA) is 69.7 Å². The third-order valence-electron chi connectivity index (χ3n) is 4.48. The minimum atomic E-state index is -1.13. The number of amides is 1. The maximum Gasteiger partial charge on any atom is 0.410 e. The fourth-order valence-corrected chi connectivity index (χ4v) is 3.29. The fraction of sp³-hybridized carbons (Fsp3) is 0.400. The Morgan fingerprint density at radius 2 is 1.76 bits per heavy atom. The maximum absolute atomic E-state index is 12.3. The molecule has 25 heavy (non-hydrogen) atoms. The van der Waals surface area contributed by atoms with Crippen molar-refractivity contribution in [2.45, 2.75) is 32.3 Å². The lowest BCUT2D eigenvalue weighted by Crippen LogP contribution is -2.38. The van der Waals surface area contributed by atoms with Crippen molar-refractivity contribution >= 4 is 22.8 Å². The Hall–Kier alpha value is -2.56. The van der Waals surface area contributed by atoms with E-state index in [4.69, 9.17) is 4.74 Å². The van der Waals surface area contributed by atoms with Crippen LogP contribution >= 0.6 is 0 Å². The van der Waals surface area contributed by atoms with Crippen LogP contribution < -0.4 is 5.11 Å². The lowest BCUT2D eigenvalue weighted by molar-refractivity contribution is -0.311. The number of aliphatic carboxylic acids is 1. The lowest BCUT2D eigenvalue weighted by atomic mass is 9.88. The second-order valence-corrected chi connectivity index (χ2v) is 7.52. The molecule has 0 saturated carbocycles. The lowest BCUT2D eigenvalue weighted by Gasteiger charge is -2.24. The van der Waals surface area contributed by atoms with E-state index in [-0.39, 0.29) is 12.5 Å². The van der Waals surface area contributed by atoms with Gasteiger partial charge in [-0.1, -0.05) is 42.5 Å². The van der Waals surface area contributed by atoms with Crippen LogP contribution in [0.1, 0.15) is 32.3 Å². The molecule has 2 atom stereocenters. The molecule has 3 rings (SSSR count). The first kappa shape index (κ1) is 17.3. The van der Waals surface area contributed by atoms with Gasteiger partial charge in [-0.05, 0) is 37.1 Å². The molecule has 0 unspecified atom stereocenters. The summed E-state index contributed by atoms with van der Waals surface area (Å²) in [6, 6.07) is 13.8. The number of carboxylic acids is 1. The first-order valence-corrected chi connectivity index (χ1v) is 8.42. The molecule has 0 aromatic heterocycles. The van der Waals surface area contributed by atoms with E-state index in [0.717, 1.165) is 16.3 Å². The molecule has 5 heteroatoms. The molecule has 5 nitrogen and oxygen atoms in total. The van der Waals surface area contributed by atoms with Crippen LogP contribution in [-0.2, 0) is 9.53 Å². The Kier molecular flexibility index (Phi) is 4.41. The number of fused-ring (bicyclic) bond motifs is 1. The van der Waals surface area contributed by atoms with E-state index in [1.165, 1.54) is 4.90 Å². The van der Waals surface area contributed by atoms with Gasteiger partial charge < -0.3 is 19.5 Å². The molecule has 1 saturated heterocycles. The summed E-state index contributed by atoms with van der Waals surface area (Å²) in [6.45, 7) is 5.79. The van der Waals surface area contributed by atoms with Crippen molar-refractivity contribution in [3.8, 4) is 0 Å². The van der Waals surface area contributed by atoms with Crippen LogP contribution in [0.15, 0.2) is 42.5 Å². The van der Waals surface area contributed by atoms with Crippen LogP contribution in [0, 0.1) is 5.92 Å². The zero-order chi connectivity index (χ0) is 18.2. The Morgan fingerprint density at radius 3 is 2.40 bits per heavy atom. The Balaban J connectivity index is 1.87. The Bertz CT molecular complexity index is 809. The first-order chi connectivity index (χ1) is 11.7. The van der Waals surface area contributed by atoms with Gasteiger partial charge in [-0.25, -0.2) is 4.79 Å². The normalized spacial score (nSPS) is 20.7. The van der Waals surface area contributed by atoms with Gasteiger partial charge in [0.2, 0.25) is 0 Å². The number of carbonyl (C=O) groups excluding carboxylic acids is 2. The average molecular weight is 340 g/mol. The molecule has 1 heterocycles. The van der Waals surface area contributed by atoms with E-state index >= 15 is 0 Å². The molecule has 0 spiro atoms. The second-order valence-electron chi connectivity index (χ2n) is 7.52. The number of nitrogens with zero attached hydrogens (tertiary/aromatic N) is 1. The molecule has 1 aliphatic heterocycles. The highest BCUT2D eigenvalue weighted by molar-refractivity contribution is 5.83. The van der Waals surface area contributed by atoms with Crippen molar-refractivity contribution in [1.29, 1.82) is 0 Å². The number of benzene rings is 2. The molecule has 0 N–H and O–H groups in total. The van der Waals surface area contributed by atoms with Gasteiger partial charge in [0, 0.05) is 30.9 Å². The highest BCUT2D eigenvalue weighted by atomic mass is 16.6. The highest BCUT2D eigenvalue weighted by Gasteiger charge is 2.38. The van der Waals surface area contributed by atoms with Crippen LogP contribution in [0.4, 0.5) is 4.79 Å². The van der Waals surface area contributed by atoms with Crippen molar-refractivity contribution in [2.75, 3.05) is 13.1 Å². The Morgan fingerprint density at radius 1 is 1.08 bits per heavy atom. The van der Waals surface area contributed by atoms with E-state index in [9.17, 15) is 14.7 Å². The summed E-state index contributed by atoms with van der Waals surface area (Å²) in [5.41, 5.74) is 0.286. The van der Waals surface area contributed by atoms with Gasteiger partial charge in [0.05, 0.1) is 0 Å². The average Bonchev–Trinajstić information content (AvgIpc) is 2.98. The maximum atomic E-state index is 12.3. The summed E-state index contributed by atoms with van der Waals surface area (Å²) in [5, 5.41) is 13.8. The first-order valence-electron chi connectivity index (χ1n) is 8.42. The van der Waals surface area contributed by atoms with Crippen molar-refractivity contribution in [1.82, 2.24) is 4.90 Å². The summed E-state index contributed by atoms with van der Waals surface area (Å²) in [7, 11) is 0. The van der Waals surface area contributed by atoms with Gasteiger partial charge in [-0.15, -0.1) is 0 Å². The van der Waals surface area contributed by atoms with E-state index < -0.39 is 23.6 Å². The zero-order valence-electron chi connectivity index (χ0n) is 14.7. The van der Waals surface area contributed by atoms with Crippen LogP contribution in [0.2, 0.25) is 0 Å². The molecule has 0 aliphatic carbocycles. The second kappa shape index (κ2) is 6.39. The summed E-state index contributed by atoms with van der Waals surface area (Å²) in [4.78, 5) is 25.4. The smallest absolute Gasteiger partial charge is 0.410 e. The predicted molar refractivity (Wildman–Crippen MR) is 93.0 cm³/mol. The zero-order valence-corrected chi connectivity index (χ0v) is 14.7. The van der Waals surface area contributed by atoms with Crippen molar-refractivity contribution < 1.29 is 19.4 Å². The number of hydrogen-bond donors (Lipinski definition) is 0. The number of likely N-dealkylation sites (tertiary alicyclic amines) is 1. The van der Waals surface area contributed by atoms with Crippen molar-refractivity contribution in [3.05, 3.63) is 48.0 Å². The van der Waals surface area contributed by atoms with E-state index in [0.29, 0.717) is 6.54 Å². The van der Waals surface area contributed by atoms with Gasteiger partial charge in [0.15, 0.2) is 0 Å². The number of rotatable bonds is 2. The van der Waals surface area contributed by atoms with E-state index in [1.807, 2.05) is 42.5 Å². The van der Waals surface area contributed by atoms with Gasteiger partial charge in [0.25, 0.3) is 0 Å². The predicted octanol–water partition coefficient (Wildman–Crippen LogP) is 2.54. The van der Waals surface area contributed by atoms with Crippen LogP contribution in [0.3, 0.4) is 0 Å². The molecule has 0 radical (unpaired) electrons. The molecule has 2 aromatic rings. The quantitative estimate of drug-likeness (QED) is 0.842. The molecule has 1 fully saturated rings. The number of hydrogen-bond acceptors (Lipinski definition) is 4. The minimum absolute atomic E-state index is 0.106. The minimum Gasteiger partial charge on any atom is -0.550 e. The number of ether oxygens (including phenoxy) is 1. The SMILES string of the molecule is CC(C)(C)OC(=O)N1C[C@@H](C(=O)[O-])[C@H](c2ccc3ccccc3c2)C1. The summed E-state index contributed by atoms with van der Waals surface area (Å²) in [5.74, 6) is -2.18. The van der Waals surface area contributed by atoms with Crippen molar-refractivity contribution in [3.63, 3.8) is 0 Å². The third kappa shape index (κ3) is 3.76. The molecular formula is C20H22NO4-. The van der Waals surface area contributed by atoms with E-state index in [2.05, 4.69) is 0 Å². The van der Waals surface area contributed by atoms with Crippen molar-refractivity contribution in [2.24, 2.45) is 5.92 Å². The number of carboxylic acid groups (broad SMARTS) is 1. The van der Waals surface area contributed by atoms with E-state index in [1.54, 1.807) is 20.8 Å². The summed E-state index contributed by atoms with van der Waals surface area (Å²) < 4.78 is 5.38. The van der Waals surface area contributed by atoms with Crippen LogP contribution in [-0.4, -0.2) is 35.7 Å². The molecule has 132 valence electrons.